The monoisotopic (exact) mass is 423 g/mol. The quantitative estimate of drug-likeness (QED) is 0.509. The van der Waals surface area contributed by atoms with Crippen molar-refractivity contribution in [1.82, 2.24) is 4.90 Å². The first-order chi connectivity index (χ1) is 15.0. The molecule has 2 aliphatic heterocycles. The Morgan fingerprint density at radius 3 is 2.68 bits per heavy atom. The van der Waals surface area contributed by atoms with E-state index in [-0.39, 0.29) is 35.7 Å². The minimum atomic E-state index is -0.249. The number of amides is 2. The molecule has 1 aromatic carbocycles. The molecule has 0 aromatic heterocycles. The molecule has 2 fully saturated rings. The second-order valence-electron chi connectivity index (χ2n) is 9.06. The van der Waals surface area contributed by atoms with Crippen LogP contribution >= 0.6 is 0 Å². The van der Waals surface area contributed by atoms with E-state index >= 15 is 0 Å². The number of carbonyl (C=O) groups is 2. The average Bonchev–Trinajstić information content (AvgIpc) is 3.28. The molecule has 4 rings (SSSR count). The van der Waals surface area contributed by atoms with E-state index in [0.29, 0.717) is 18.8 Å². The van der Waals surface area contributed by atoms with Gasteiger partial charge in [-0.1, -0.05) is 55.7 Å². The van der Waals surface area contributed by atoms with Crippen LogP contribution in [-0.2, 0) is 14.3 Å². The summed E-state index contributed by atoms with van der Waals surface area (Å²) in [5.41, 5.74) is 4.76. The van der Waals surface area contributed by atoms with E-state index in [0.717, 1.165) is 37.7 Å². The molecule has 3 aliphatic rings. The van der Waals surface area contributed by atoms with Crippen molar-refractivity contribution < 1.29 is 19.4 Å². The van der Waals surface area contributed by atoms with Gasteiger partial charge >= 0.3 is 0 Å². The van der Waals surface area contributed by atoms with E-state index in [1.807, 2.05) is 18.2 Å². The van der Waals surface area contributed by atoms with Crippen molar-refractivity contribution in [3.8, 4) is 5.75 Å². The topological polar surface area (TPSA) is 66.8 Å². The minimum Gasteiger partial charge on any atom is -0.507 e. The zero-order valence-electron chi connectivity index (χ0n) is 18.8. The fourth-order valence-corrected chi connectivity index (χ4v) is 5.67. The van der Waals surface area contributed by atoms with Crippen LogP contribution in [-0.4, -0.2) is 41.6 Å². The summed E-state index contributed by atoms with van der Waals surface area (Å²) in [6, 6.07) is 7.40. The maximum atomic E-state index is 12.8. The van der Waals surface area contributed by atoms with E-state index in [1.54, 1.807) is 13.1 Å². The highest BCUT2D eigenvalue weighted by atomic mass is 16.5. The van der Waals surface area contributed by atoms with Gasteiger partial charge in [0, 0.05) is 18.5 Å². The predicted molar refractivity (Wildman–Crippen MR) is 120 cm³/mol. The molecule has 5 heteroatoms. The van der Waals surface area contributed by atoms with Gasteiger partial charge in [-0.25, -0.2) is 0 Å². The summed E-state index contributed by atoms with van der Waals surface area (Å²) in [6.45, 7) is 4.83. The molecule has 1 aliphatic carbocycles. The maximum Gasteiger partial charge on any atom is 0.233 e. The highest BCUT2D eigenvalue weighted by Crippen LogP contribution is 2.50. The van der Waals surface area contributed by atoms with Crippen LogP contribution in [0, 0.1) is 17.8 Å². The molecule has 2 saturated heterocycles. The van der Waals surface area contributed by atoms with Crippen LogP contribution in [0.3, 0.4) is 0 Å². The number of rotatable bonds is 7. The van der Waals surface area contributed by atoms with E-state index in [2.05, 4.69) is 19.9 Å². The molecule has 0 saturated carbocycles. The van der Waals surface area contributed by atoms with Crippen LogP contribution in [0.4, 0.5) is 0 Å². The molecule has 166 valence electrons. The Kier molecular flexibility index (Phi) is 6.33. The summed E-state index contributed by atoms with van der Waals surface area (Å²) in [5, 5.41) is 10.1. The van der Waals surface area contributed by atoms with Crippen LogP contribution in [0.25, 0.3) is 6.08 Å². The number of nitrogens with zero attached hydrogens (tertiary/aromatic N) is 1. The first-order valence-electron chi connectivity index (χ1n) is 11.6. The zero-order chi connectivity index (χ0) is 22.1. The maximum absolute atomic E-state index is 12.8. The van der Waals surface area contributed by atoms with Crippen molar-refractivity contribution in [1.29, 1.82) is 0 Å². The molecule has 0 spiro atoms. The Balaban J connectivity index is 1.55. The highest BCUT2D eigenvalue weighted by Gasteiger charge is 2.55. The Hall–Kier alpha value is -2.40. The third-order valence-electron chi connectivity index (χ3n) is 7.26. The molecule has 31 heavy (non-hydrogen) atoms. The number of benzene rings is 1. The lowest BCUT2D eigenvalue weighted by Gasteiger charge is -2.32. The second-order valence-corrected chi connectivity index (χ2v) is 9.06. The Bertz CT molecular complexity index is 931. The van der Waals surface area contributed by atoms with E-state index in [1.165, 1.54) is 21.6 Å². The third kappa shape index (κ3) is 3.96. The van der Waals surface area contributed by atoms with Crippen molar-refractivity contribution in [3.63, 3.8) is 0 Å². The number of fused-ring (bicyclic) bond motifs is 3. The van der Waals surface area contributed by atoms with Crippen molar-refractivity contribution in [2.75, 3.05) is 13.7 Å². The fraction of sp³-hybridized carbons (Fsp3) is 0.538. The molecule has 0 bridgehead atoms. The van der Waals surface area contributed by atoms with E-state index in [4.69, 9.17) is 4.74 Å². The number of para-hydroxylation sites is 1. The lowest BCUT2D eigenvalue weighted by molar-refractivity contribution is -0.138. The van der Waals surface area contributed by atoms with Gasteiger partial charge in [0.1, 0.15) is 5.75 Å². The fourth-order valence-electron chi connectivity index (χ4n) is 5.67. The summed E-state index contributed by atoms with van der Waals surface area (Å²) < 4.78 is 6.26. The predicted octanol–water partition coefficient (Wildman–Crippen LogP) is 4.71. The van der Waals surface area contributed by atoms with Gasteiger partial charge in [-0.3, -0.25) is 14.5 Å². The lowest BCUT2D eigenvalue weighted by Crippen LogP contribution is -2.34. The lowest BCUT2D eigenvalue weighted by atomic mass is 9.68. The smallest absolute Gasteiger partial charge is 0.233 e. The van der Waals surface area contributed by atoms with Gasteiger partial charge in [0.15, 0.2) is 0 Å². The van der Waals surface area contributed by atoms with Crippen LogP contribution < -0.4 is 0 Å². The summed E-state index contributed by atoms with van der Waals surface area (Å²) in [7, 11) is 1.62. The third-order valence-corrected chi connectivity index (χ3v) is 7.26. The van der Waals surface area contributed by atoms with Crippen molar-refractivity contribution >= 4 is 17.9 Å². The Morgan fingerprint density at radius 1 is 1.19 bits per heavy atom. The standard InChI is InChI=1S/C26H33NO4/c1-4-8-18-14-19-24(26(30)27(3)25(19)29)20-15-31-22(23(18)20)12-11-16(5-2)13-17-9-6-7-10-21(17)28/h6-7,9-10,13,19-20,22,24,28H,4-5,8,11-12,14-15H2,1-3H3/b16-13+/t19-,20+,22-,24-/m1/s1. The first kappa shape index (κ1) is 21.8. The van der Waals surface area contributed by atoms with E-state index in [9.17, 15) is 14.7 Å². The van der Waals surface area contributed by atoms with E-state index < -0.39 is 0 Å². The number of phenols is 1. The molecule has 4 atom stereocenters. The molecule has 0 unspecified atom stereocenters. The van der Waals surface area contributed by atoms with Crippen LogP contribution in [0.2, 0.25) is 0 Å². The molecule has 1 aromatic rings. The zero-order valence-corrected chi connectivity index (χ0v) is 18.8. The van der Waals surface area contributed by atoms with Crippen molar-refractivity contribution in [2.45, 2.75) is 58.5 Å². The molecule has 5 nitrogen and oxygen atoms in total. The summed E-state index contributed by atoms with van der Waals surface area (Å²) >= 11 is 0. The van der Waals surface area contributed by atoms with Gasteiger partial charge in [-0.05, 0) is 43.7 Å². The van der Waals surface area contributed by atoms with Crippen molar-refractivity contribution in [2.24, 2.45) is 17.8 Å². The number of aromatic hydroxyl groups is 1. The summed E-state index contributed by atoms with van der Waals surface area (Å²) in [6.07, 6.45) is 7.44. The van der Waals surface area contributed by atoms with Gasteiger partial charge in [0.05, 0.1) is 24.5 Å². The first-order valence-corrected chi connectivity index (χ1v) is 11.6. The van der Waals surface area contributed by atoms with Gasteiger partial charge in [0.2, 0.25) is 11.8 Å². The van der Waals surface area contributed by atoms with Gasteiger partial charge < -0.3 is 9.84 Å². The van der Waals surface area contributed by atoms with Crippen LogP contribution in [0.1, 0.15) is 57.9 Å². The minimum absolute atomic E-state index is 0.0145. The highest BCUT2D eigenvalue weighted by molar-refractivity contribution is 6.05. The summed E-state index contributed by atoms with van der Waals surface area (Å²) in [5.74, 6) is -0.178. The van der Waals surface area contributed by atoms with Crippen LogP contribution in [0.15, 0.2) is 41.0 Å². The molecular weight excluding hydrogens is 390 g/mol. The van der Waals surface area contributed by atoms with Gasteiger partial charge in [0.25, 0.3) is 0 Å². The summed E-state index contributed by atoms with van der Waals surface area (Å²) in [4.78, 5) is 26.8. The second kappa shape index (κ2) is 8.99. The number of hydrogen-bond donors (Lipinski definition) is 1. The molecular formula is C26H33NO4. The SMILES string of the molecule is CCCC1=C2[C@@H](CC/C(=C/c3ccccc3O)CC)OC[C@@H]2[C@@H]2C(=O)N(C)C(=O)[C@@H]2C1. The normalized spacial score (nSPS) is 28.4. The Morgan fingerprint density at radius 2 is 1.97 bits per heavy atom. The number of carbonyl (C=O) groups excluding carboxylic acids is 2. The number of likely N-dealkylation sites (tertiary alicyclic amines) is 1. The average molecular weight is 424 g/mol. The number of imide groups is 1. The molecule has 1 N–H and O–H groups in total. The van der Waals surface area contributed by atoms with Gasteiger partial charge in [-0.15, -0.1) is 0 Å². The number of allylic oxidation sites excluding steroid dienone is 2. The Labute approximate surface area is 184 Å². The number of phenolic OH excluding ortho intramolecular Hbond substituents is 1. The largest absolute Gasteiger partial charge is 0.507 e. The molecule has 2 heterocycles. The van der Waals surface area contributed by atoms with Gasteiger partial charge in [-0.2, -0.15) is 0 Å². The van der Waals surface area contributed by atoms with Crippen molar-refractivity contribution in [3.05, 3.63) is 46.5 Å². The number of ether oxygens (including phenoxy) is 1. The van der Waals surface area contributed by atoms with Crippen LogP contribution in [0.5, 0.6) is 5.75 Å². The molecule has 2 amide bonds. The number of hydrogen-bond acceptors (Lipinski definition) is 4. The molecule has 0 radical (unpaired) electrons.